The number of methoxy groups -OCH3 is 1. The van der Waals surface area contributed by atoms with Crippen LogP contribution in [0.3, 0.4) is 0 Å². The molecule has 4 nitrogen and oxygen atoms in total. The lowest BCUT2D eigenvalue weighted by Crippen LogP contribution is -2.32. The average molecular weight is 464 g/mol. The van der Waals surface area contributed by atoms with E-state index < -0.39 is 0 Å². The van der Waals surface area contributed by atoms with Gasteiger partial charge in [-0.1, -0.05) is 39.3 Å². The Morgan fingerprint density at radius 1 is 1.06 bits per heavy atom. The van der Waals surface area contributed by atoms with Crippen LogP contribution in [0.1, 0.15) is 86.7 Å². The molecule has 1 aliphatic rings. The van der Waals surface area contributed by atoms with Gasteiger partial charge in [-0.2, -0.15) is 0 Å². The van der Waals surface area contributed by atoms with Crippen LogP contribution in [-0.2, 0) is 6.42 Å². The molecule has 1 N–H and O–H groups in total. The molecule has 3 rings (SSSR count). The van der Waals surface area contributed by atoms with E-state index in [-0.39, 0.29) is 5.92 Å². The molecule has 2 aromatic rings. The van der Waals surface area contributed by atoms with Gasteiger partial charge in [-0.25, -0.2) is 0 Å². The second-order valence-electron chi connectivity index (χ2n) is 10.5. The van der Waals surface area contributed by atoms with Crippen LogP contribution < -0.4 is 4.74 Å². The van der Waals surface area contributed by atoms with E-state index in [2.05, 4.69) is 68.8 Å². The van der Waals surface area contributed by atoms with E-state index >= 15 is 0 Å². The van der Waals surface area contributed by atoms with E-state index in [4.69, 9.17) is 10.1 Å². The molecule has 1 saturated heterocycles. The molecule has 1 aliphatic heterocycles. The molecule has 0 aliphatic carbocycles. The normalized spacial score (nSPS) is 17.2. The van der Waals surface area contributed by atoms with Crippen molar-refractivity contribution in [3.8, 4) is 5.75 Å². The molecule has 1 aromatic heterocycles. The van der Waals surface area contributed by atoms with Crippen molar-refractivity contribution in [2.75, 3.05) is 26.7 Å². The zero-order valence-electron chi connectivity index (χ0n) is 22.3. The van der Waals surface area contributed by atoms with Gasteiger partial charge in [0.2, 0.25) is 0 Å². The zero-order chi connectivity index (χ0) is 24.7. The van der Waals surface area contributed by atoms with E-state index in [1.165, 1.54) is 49.0 Å². The van der Waals surface area contributed by atoms with Crippen molar-refractivity contribution >= 4 is 5.71 Å². The fourth-order valence-corrected chi connectivity index (χ4v) is 5.15. The number of piperidine rings is 1. The molecule has 186 valence electrons. The summed E-state index contributed by atoms with van der Waals surface area (Å²) in [7, 11) is 1.75. The minimum atomic E-state index is 0.220. The molecule has 0 spiro atoms. The minimum absolute atomic E-state index is 0.220. The van der Waals surface area contributed by atoms with Crippen LogP contribution in [0.25, 0.3) is 0 Å². The van der Waals surface area contributed by atoms with Crippen molar-refractivity contribution in [3.05, 3.63) is 58.4 Å². The van der Waals surface area contributed by atoms with Crippen molar-refractivity contribution in [1.82, 2.24) is 9.88 Å². The third-order valence-corrected chi connectivity index (χ3v) is 7.84. The maximum Gasteiger partial charge on any atom is 0.122 e. The van der Waals surface area contributed by atoms with Gasteiger partial charge in [-0.3, -0.25) is 4.98 Å². The number of likely N-dealkylation sites (tertiary alicyclic amines) is 1. The Morgan fingerprint density at radius 2 is 1.79 bits per heavy atom. The first-order valence-corrected chi connectivity index (χ1v) is 13.2. The number of aryl methyl sites for hydroxylation is 3. The fraction of sp³-hybridized carbons (Fsp3) is 0.600. The van der Waals surface area contributed by atoms with Crippen LogP contribution in [0, 0.1) is 31.1 Å². The average Bonchev–Trinajstić information content (AvgIpc) is 2.85. The Labute approximate surface area is 207 Å². The Morgan fingerprint density at radius 3 is 2.50 bits per heavy atom. The van der Waals surface area contributed by atoms with Crippen LogP contribution in [0.4, 0.5) is 0 Å². The Hall–Kier alpha value is -2.20. The highest BCUT2D eigenvalue weighted by atomic mass is 16.5. The molecular weight excluding hydrogens is 418 g/mol. The second-order valence-corrected chi connectivity index (χ2v) is 10.5. The number of hydrogen-bond acceptors (Lipinski definition) is 4. The van der Waals surface area contributed by atoms with Crippen LogP contribution in [0.15, 0.2) is 30.5 Å². The molecule has 3 atom stereocenters. The smallest absolute Gasteiger partial charge is 0.122 e. The van der Waals surface area contributed by atoms with Gasteiger partial charge in [0.15, 0.2) is 0 Å². The summed E-state index contributed by atoms with van der Waals surface area (Å²) in [5, 5.41) is 9.10. The summed E-state index contributed by atoms with van der Waals surface area (Å²) in [6.45, 7) is 14.6. The molecule has 0 amide bonds. The maximum atomic E-state index is 9.10. The quantitative estimate of drug-likeness (QED) is 0.366. The van der Waals surface area contributed by atoms with Gasteiger partial charge < -0.3 is 15.0 Å². The topological polar surface area (TPSA) is 49.2 Å². The Bertz CT molecular complexity index is 948. The van der Waals surface area contributed by atoms with E-state index in [1.54, 1.807) is 7.11 Å². The number of hydrogen-bond donors (Lipinski definition) is 1. The van der Waals surface area contributed by atoms with E-state index in [0.29, 0.717) is 11.8 Å². The lowest BCUT2D eigenvalue weighted by molar-refractivity contribution is 0.210. The first-order chi connectivity index (χ1) is 16.3. The summed E-state index contributed by atoms with van der Waals surface area (Å²) in [5.74, 6) is 2.02. The minimum Gasteiger partial charge on any atom is -0.496 e. The monoisotopic (exact) mass is 463 g/mol. The summed E-state index contributed by atoms with van der Waals surface area (Å²) < 4.78 is 5.62. The van der Waals surface area contributed by atoms with Crippen molar-refractivity contribution in [2.24, 2.45) is 11.8 Å². The van der Waals surface area contributed by atoms with Gasteiger partial charge in [0, 0.05) is 29.1 Å². The van der Waals surface area contributed by atoms with Gasteiger partial charge in [0.1, 0.15) is 5.75 Å². The predicted octanol–water partition coefficient (Wildman–Crippen LogP) is 6.96. The zero-order valence-corrected chi connectivity index (χ0v) is 22.3. The lowest BCUT2D eigenvalue weighted by Gasteiger charge is -2.29. The summed E-state index contributed by atoms with van der Waals surface area (Å²) >= 11 is 0. The molecule has 34 heavy (non-hydrogen) atoms. The highest BCUT2D eigenvalue weighted by Crippen LogP contribution is 2.31. The number of ether oxygens (including phenoxy) is 1. The van der Waals surface area contributed by atoms with Gasteiger partial charge in [-0.15, -0.1) is 0 Å². The molecular formula is C30H45N3O. The Balaban J connectivity index is 1.68. The second kappa shape index (κ2) is 12.5. The number of nitrogens with one attached hydrogen (secondary N) is 1. The van der Waals surface area contributed by atoms with Gasteiger partial charge in [0.05, 0.1) is 7.11 Å². The first-order valence-electron chi connectivity index (χ1n) is 13.2. The highest BCUT2D eigenvalue weighted by Gasteiger charge is 2.24. The third-order valence-electron chi connectivity index (χ3n) is 7.84. The number of benzene rings is 1. The van der Waals surface area contributed by atoms with E-state index in [1.807, 2.05) is 6.20 Å². The summed E-state index contributed by atoms with van der Waals surface area (Å²) in [6, 6.07) is 8.66. The largest absolute Gasteiger partial charge is 0.496 e. The fourth-order valence-electron chi connectivity index (χ4n) is 5.15. The number of pyridine rings is 1. The molecule has 3 unspecified atom stereocenters. The van der Waals surface area contributed by atoms with Gasteiger partial charge in [0.25, 0.3) is 0 Å². The van der Waals surface area contributed by atoms with Crippen molar-refractivity contribution < 1.29 is 4.74 Å². The van der Waals surface area contributed by atoms with Gasteiger partial charge >= 0.3 is 0 Å². The number of nitrogens with zero attached hydrogens (tertiary/aromatic N) is 2. The lowest BCUT2D eigenvalue weighted by atomic mass is 9.82. The number of rotatable bonds is 11. The highest BCUT2D eigenvalue weighted by molar-refractivity contribution is 6.01. The van der Waals surface area contributed by atoms with Crippen LogP contribution >= 0.6 is 0 Å². The van der Waals surface area contributed by atoms with Crippen molar-refractivity contribution in [2.45, 2.75) is 79.1 Å². The van der Waals surface area contributed by atoms with E-state index in [0.717, 1.165) is 48.5 Å². The van der Waals surface area contributed by atoms with Gasteiger partial charge in [-0.05, 0) is 106 Å². The molecule has 1 aromatic carbocycles. The number of aromatic nitrogens is 1. The molecule has 1 fully saturated rings. The standard InChI is InChI=1S/C30H45N3O/c1-21-10-12-26(29(18-21)34-6)13-11-23(3)27-19-24(4)32-20-28(27)30(31)25(5)22(2)14-17-33-15-8-7-9-16-33/h10,12,18-20,22-23,25,31H,7-9,11,13-17H2,1-6H3. The van der Waals surface area contributed by atoms with Crippen LogP contribution in [-0.4, -0.2) is 42.3 Å². The molecule has 0 saturated carbocycles. The molecule has 0 bridgehead atoms. The SMILES string of the molecule is COc1cc(C)ccc1CCC(C)c1cc(C)ncc1C(=N)C(C)C(C)CCN1CCCCC1. The van der Waals surface area contributed by atoms with Crippen LogP contribution in [0.2, 0.25) is 0 Å². The molecule has 2 heterocycles. The molecule has 4 heteroatoms. The van der Waals surface area contributed by atoms with Crippen molar-refractivity contribution in [1.29, 1.82) is 5.41 Å². The Kier molecular flexibility index (Phi) is 9.70. The molecule has 0 radical (unpaired) electrons. The summed E-state index contributed by atoms with van der Waals surface area (Å²) in [5.41, 5.74) is 6.54. The summed E-state index contributed by atoms with van der Waals surface area (Å²) in [4.78, 5) is 7.20. The van der Waals surface area contributed by atoms with E-state index in [9.17, 15) is 0 Å². The van der Waals surface area contributed by atoms with Crippen molar-refractivity contribution in [3.63, 3.8) is 0 Å². The predicted molar refractivity (Wildman–Crippen MR) is 144 cm³/mol. The summed E-state index contributed by atoms with van der Waals surface area (Å²) in [6.07, 6.45) is 9.13. The third kappa shape index (κ3) is 6.91. The first kappa shape index (κ1) is 26.4. The van der Waals surface area contributed by atoms with Crippen LogP contribution in [0.5, 0.6) is 5.75 Å². The maximum absolute atomic E-state index is 9.10.